The van der Waals surface area contributed by atoms with Gasteiger partial charge in [0.15, 0.2) is 0 Å². The number of hydrogen-bond acceptors (Lipinski definition) is 4. The summed E-state index contributed by atoms with van der Waals surface area (Å²) < 4.78 is 0. The Kier molecular flexibility index (Phi) is 4.14. The van der Waals surface area contributed by atoms with E-state index in [1.807, 2.05) is 19.1 Å². The van der Waals surface area contributed by atoms with Crippen LogP contribution >= 0.6 is 11.3 Å². The van der Waals surface area contributed by atoms with Gasteiger partial charge in [0, 0.05) is 24.5 Å². The molecule has 1 atom stereocenters. The molecule has 4 rings (SSSR count). The van der Waals surface area contributed by atoms with Gasteiger partial charge in [-0.15, -0.1) is 0 Å². The van der Waals surface area contributed by atoms with E-state index in [1.54, 1.807) is 17.5 Å². The Morgan fingerprint density at radius 3 is 2.88 bits per heavy atom. The van der Waals surface area contributed by atoms with Gasteiger partial charge < -0.3 is 10.2 Å². The summed E-state index contributed by atoms with van der Waals surface area (Å²) >= 11 is 1.69. The maximum atomic E-state index is 13.2. The average Bonchev–Trinajstić information content (AvgIpc) is 3.04. The molecule has 1 aliphatic carbocycles. The quantitative estimate of drug-likeness (QED) is 0.928. The van der Waals surface area contributed by atoms with Crippen LogP contribution in [0, 0.1) is 12.3 Å². The molecule has 3 heterocycles. The van der Waals surface area contributed by atoms with Crippen molar-refractivity contribution in [3.8, 4) is 0 Å². The third-order valence-corrected chi connectivity index (χ3v) is 6.21. The monoisotopic (exact) mass is 341 g/mol. The van der Waals surface area contributed by atoms with Crippen LogP contribution in [0.15, 0.2) is 35.2 Å². The SMILES string of the molecule is Cc1ccc(C(=O)N(Cc2ccsc2)C2CC23CCNCC3)cn1. The molecule has 5 heteroatoms. The highest BCUT2D eigenvalue weighted by Crippen LogP contribution is 2.56. The second-order valence-electron chi connectivity index (χ2n) is 7.09. The molecule has 2 aromatic rings. The van der Waals surface area contributed by atoms with E-state index >= 15 is 0 Å². The van der Waals surface area contributed by atoms with Crippen molar-refractivity contribution in [3.63, 3.8) is 0 Å². The molecule has 2 fully saturated rings. The van der Waals surface area contributed by atoms with Crippen LogP contribution in [-0.2, 0) is 6.54 Å². The van der Waals surface area contributed by atoms with Gasteiger partial charge in [0.05, 0.1) is 5.56 Å². The second-order valence-corrected chi connectivity index (χ2v) is 7.87. The number of carbonyl (C=O) groups excluding carboxylic acids is 1. The lowest BCUT2D eigenvalue weighted by Crippen LogP contribution is -2.39. The number of carbonyl (C=O) groups is 1. The van der Waals surface area contributed by atoms with Gasteiger partial charge in [0.1, 0.15) is 0 Å². The molecule has 0 radical (unpaired) electrons. The molecule has 1 spiro atoms. The van der Waals surface area contributed by atoms with E-state index in [0.717, 1.165) is 25.2 Å². The minimum atomic E-state index is 0.120. The highest BCUT2D eigenvalue weighted by molar-refractivity contribution is 7.07. The highest BCUT2D eigenvalue weighted by atomic mass is 32.1. The summed E-state index contributed by atoms with van der Waals surface area (Å²) in [4.78, 5) is 19.6. The normalized spacial score (nSPS) is 21.6. The standard InChI is InChI=1S/C19H23N3OS/c1-14-2-3-16(11-21-14)18(23)22(12-15-4-9-24-13-15)17-10-19(17)5-7-20-8-6-19/h2-4,9,11,13,17,20H,5-8,10,12H2,1H3. The van der Waals surface area contributed by atoms with Gasteiger partial charge in [-0.2, -0.15) is 11.3 Å². The molecule has 1 saturated carbocycles. The third-order valence-electron chi connectivity index (χ3n) is 5.47. The van der Waals surface area contributed by atoms with Crippen LogP contribution < -0.4 is 5.32 Å². The van der Waals surface area contributed by atoms with Crippen molar-refractivity contribution < 1.29 is 4.79 Å². The van der Waals surface area contributed by atoms with Crippen molar-refractivity contribution in [2.24, 2.45) is 5.41 Å². The van der Waals surface area contributed by atoms with Gasteiger partial charge in [0.2, 0.25) is 0 Å². The van der Waals surface area contributed by atoms with Crippen LogP contribution in [0.1, 0.15) is 40.9 Å². The largest absolute Gasteiger partial charge is 0.331 e. The molecule has 1 saturated heterocycles. The first kappa shape index (κ1) is 15.8. The molecular weight excluding hydrogens is 318 g/mol. The Morgan fingerprint density at radius 1 is 1.38 bits per heavy atom. The van der Waals surface area contributed by atoms with E-state index in [2.05, 4.69) is 32.0 Å². The lowest BCUT2D eigenvalue weighted by Gasteiger charge is -2.29. The van der Waals surface area contributed by atoms with Crippen molar-refractivity contribution in [1.29, 1.82) is 0 Å². The van der Waals surface area contributed by atoms with Crippen molar-refractivity contribution in [3.05, 3.63) is 52.0 Å². The zero-order valence-corrected chi connectivity index (χ0v) is 14.8. The number of aromatic nitrogens is 1. The molecule has 2 aliphatic rings. The van der Waals surface area contributed by atoms with Gasteiger partial charge >= 0.3 is 0 Å². The topological polar surface area (TPSA) is 45.2 Å². The molecule has 4 nitrogen and oxygen atoms in total. The number of pyridine rings is 1. The van der Waals surface area contributed by atoms with Crippen LogP contribution in [-0.4, -0.2) is 34.9 Å². The summed E-state index contributed by atoms with van der Waals surface area (Å²) in [6.07, 6.45) is 5.22. The summed E-state index contributed by atoms with van der Waals surface area (Å²) in [5, 5.41) is 7.67. The molecular formula is C19H23N3OS. The van der Waals surface area contributed by atoms with E-state index in [9.17, 15) is 4.79 Å². The first-order chi connectivity index (χ1) is 11.7. The number of piperidine rings is 1. The average molecular weight is 341 g/mol. The highest BCUT2D eigenvalue weighted by Gasteiger charge is 2.57. The van der Waals surface area contributed by atoms with Gasteiger partial charge in [-0.1, -0.05) is 0 Å². The maximum absolute atomic E-state index is 13.2. The van der Waals surface area contributed by atoms with Crippen LogP contribution in [0.2, 0.25) is 0 Å². The summed E-state index contributed by atoms with van der Waals surface area (Å²) in [6, 6.07) is 6.32. The Hall–Kier alpha value is -1.72. The molecule has 2 aromatic heterocycles. The Balaban J connectivity index is 1.58. The first-order valence-corrected chi connectivity index (χ1v) is 9.58. The van der Waals surface area contributed by atoms with Gasteiger partial charge in [-0.05, 0) is 79.2 Å². The number of rotatable bonds is 4. The molecule has 1 aliphatic heterocycles. The fourth-order valence-electron chi connectivity index (χ4n) is 3.89. The molecule has 1 amide bonds. The summed E-state index contributed by atoms with van der Waals surface area (Å²) in [7, 11) is 0. The zero-order valence-electron chi connectivity index (χ0n) is 14.0. The van der Waals surface area contributed by atoms with E-state index in [-0.39, 0.29) is 5.91 Å². The molecule has 24 heavy (non-hydrogen) atoms. The molecule has 1 N–H and O–H groups in total. The van der Waals surface area contributed by atoms with Gasteiger partial charge in [0.25, 0.3) is 5.91 Å². The second kappa shape index (κ2) is 6.30. The lowest BCUT2D eigenvalue weighted by molar-refractivity contribution is 0.0692. The van der Waals surface area contributed by atoms with E-state index < -0.39 is 0 Å². The number of hydrogen-bond donors (Lipinski definition) is 1. The number of nitrogens with zero attached hydrogens (tertiary/aromatic N) is 2. The van der Waals surface area contributed by atoms with Crippen LogP contribution in [0.5, 0.6) is 0 Å². The molecule has 126 valence electrons. The first-order valence-electron chi connectivity index (χ1n) is 8.63. The lowest BCUT2D eigenvalue weighted by atomic mass is 9.93. The van der Waals surface area contributed by atoms with E-state index in [0.29, 0.717) is 23.6 Å². The van der Waals surface area contributed by atoms with Crippen LogP contribution in [0.4, 0.5) is 0 Å². The van der Waals surface area contributed by atoms with Crippen LogP contribution in [0.3, 0.4) is 0 Å². The number of nitrogens with one attached hydrogen (secondary N) is 1. The number of amides is 1. The fourth-order valence-corrected chi connectivity index (χ4v) is 4.55. The van der Waals surface area contributed by atoms with Gasteiger partial charge in [-0.3, -0.25) is 9.78 Å². The molecule has 0 aromatic carbocycles. The fraction of sp³-hybridized carbons (Fsp3) is 0.474. The third kappa shape index (κ3) is 2.98. The van der Waals surface area contributed by atoms with Gasteiger partial charge in [-0.25, -0.2) is 0 Å². The van der Waals surface area contributed by atoms with E-state index in [4.69, 9.17) is 0 Å². The number of aryl methyl sites for hydroxylation is 1. The Morgan fingerprint density at radius 2 is 2.21 bits per heavy atom. The minimum absolute atomic E-state index is 0.120. The number of thiophene rings is 1. The van der Waals surface area contributed by atoms with Crippen LogP contribution in [0.25, 0.3) is 0 Å². The summed E-state index contributed by atoms with van der Waals surface area (Å²) in [6.45, 7) is 4.80. The Labute approximate surface area is 146 Å². The predicted octanol–water partition coefficient (Wildman–Crippen LogP) is 3.24. The molecule has 1 unspecified atom stereocenters. The van der Waals surface area contributed by atoms with Crippen molar-refractivity contribution >= 4 is 17.2 Å². The minimum Gasteiger partial charge on any atom is -0.331 e. The summed E-state index contributed by atoms with van der Waals surface area (Å²) in [5.74, 6) is 0.120. The predicted molar refractivity (Wildman–Crippen MR) is 96.1 cm³/mol. The zero-order chi connectivity index (χ0) is 16.6. The summed E-state index contributed by atoms with van der Waals surface area (Å²) in [5.41, 5.74) is 3.21. The van der Waals surface area contributed by atoms with Crippen molar-refractivity contribution in [2.75, 3.05) is 13.1 Å². The van der Waals surface area contributed by atoms with Crippen molar-refractivity contribution in [2.45, 2.75) is 38.8 Å². The van der Waals surface area contributed by atoms with Crippen molar-refractivity contribution in [1.82, 2.24) is 15.2 Å². The maximum Gasteiger partial charge on any atom is 0.255 e. The molecule has 0 bridgehead atoms. The Bertz CT molecular complexity index is 705. The van der Waals surface area contributed by atoms with E-state index in [1.165, 1.54) is 18.4 Å². The smallest absolute Gasteiger partial charge is 0.255 e.